The molecule has 0 aromatic heterocycles. The first kappa shape index (κ1) is 16.9. The first-order chi connectivity index (χ1) is 8.54. The maximum atomic E-state index is 11.3. The molecule has 0 aromatic carbocycles. The summed E-state index contributed by atoms with van der Waals surface area (Å²) in [5.74, 6) is 0.851. The molecule has 1 nitrogen and oxygen atoms in total. The van der Waals surface area contributed by atoms with Crippen molar-refractivity contribution in [1.82, 2.24) is 0 Å². The van der Waals surface area contributed by atoms with Gasteiger partial charge in [0.2, 0.25) is 0 Å². The number of rotatable bonds is 9. The Morgan fingerprint density at radius 2 is 1.72 bits per heavy atom. The van der Waals surface area contributed by atoms with Gasteiger partial charge in [-0.25, -0.2) is 0 Å². The van der Waals surface area contributed by atoms with Crippen molar-refractivity contribution >= 4 is 5.78 Å². The lowest BCUT2D eigenvalue weighted by Gasteiger charge is -2.15. The van der Waals surface area contributed by atoms with E-state index in [1.807, 2.05) is 25.2 Å². The molecule has 0 spiro atoms. The van der Waals surface area contributed by atoms with E-state index in [1.165, 1.54) is 25.7 Å². The van der Waals surface area contributed by atoms with Crippen LogP contribution in [0.15, 0.2) is 36.0 Å². The molecule has 0 saturated carbocycles. The minimum absolute atomic E-state index is 0.111. The molecule has 102 valence electrons. The average molecular weight is 248 g/mol. The van der Waals surface area contributed by atoms with Gasteiger partial charge in [-0.3, -0.25) is 4.79 Å². The predicted octanol–water partition coefficient (Wildman–Crippen LogP) is 5.24. The summed E-state index contributed by atoms with van der Waals surface area (Å²) in [6.45, 7) is 12.0. The summed E-state index contributed by atoms with van der Waals surface area (Å²) in [4.78, 5) is 11.3. The molecule has 0 amide bonds. The van der Waals surface area contributed by atoms with Crippen LogP contribution < -0.4 is 0 Å². The van der Waals surface area contributed by atoms with E-state index in [1.54, 1.807) is 6.92 Å². The Morgan fingerprint density at radius 3 is 2.11 bits per heavy atom. The fourth-order valence-corrected chi connectivity index (χ4v) is 2.23. The summed E-state index contributed by atoms with van der Waals surface area (Å²) in [5.41, 5.74) is 1.89. The fraction of sp³-hybridized carbons (Fsp3) is 0.588. The lowest BCUT2D eigenvalue weighted by molar-refractivity contribution is -0.113. The highest BCUT2D eigenvalue weighted by molar-refractivity contribution is 5.95. The highest BCUT2D eigenvalue weighted by Gasteiger charge is 2.07. The molecule has 0 aromatic rings. The normalized spacial score (nSPS) is 12.4. The van der Waals surface area contributed by atoms with Gasteiger partial charge in [-0.05, 0) is 26.2 Å². The van der Waals surface area contributed by atoms with Crippen molar-refractivity contribution in [2.24, 2.45) is 5.92 Å². The van der Waals surface area contributed by atoms with E-state index in [9.17, 15) is 4.79 Å². The molecule has 0 aliphatic rings. The van der Waals surface area contributed by atoms with Gasteiger partial charge < -0.3 is 0 Å². The van der Waals surface area contributed by atoms with Crippen LogP contribution >= 0.6 is 0 Å². The zero-order valence-electron chi connectivity index (χ0n) is 12.5. The third-order valence-electron chi connectivity index (χ3n) is 3.16. The first-order valence-corrected chi connectivity index (χ1v) is 7.08. The van der Waals surface area contributed by atoms with E-state index in [0.717, 1.165) is 23.5 Å². The number of hydrogen-bond acceptors (Lipinski definition) is 1. The minimum atomic E-state index is 0.111. The topological polar surface area (TPSA) is 17.1 Å². The summed E-state index contributed by atoms with van der Waals surface area (Å²) in [6.07, 6.45) is 11.8. The lowest BCUT2D eigenvalue weighted by Crippen LogP contribution is -2.00. The van der Waals surface area contributed by atoms with Crippen molar-refractivity contribution in [3.8, 4) is 0 Å². The molecule has 0 radical (unpaired) electrons. The van der Waals surface area contributed by atoms with E-state index >= 15 is 0 Å². The van der Waals surface area contributed by atoms with Crippen LogP contribution in [0, 0.1) is 5.92 Å². The molecular formula is C17H28O. The van der Waals surface area contributed by atoms with Crippen LogP contribution in [-0.2, 0) is 4.79 Å². The Kier molecular flexibility index (Phi) is 9.26. The maximum absolute atomic E-state index is 11.3. The molecule has 0 saturated heterocycles. The summed E-state index contributed by atoms with van der Waals surface area (Å²) < 4.78 is 0. The van der Waals surface area contributed by atoms with Crippen molar-refractivity contribution in [3.05, 3.63) is 36.0 Å². The van der Waals surface area contributed by atoms with Crippen LogP contribution in [0.1, 0.15) is 59.8 Å². The second kappa shape index (κ2) is 9.87. The van der Waals surface area contributed by atoms with E-state index in [2.05, 4.69) is 20.4 Å². The second-order valence-corrected chi connectivity index (χ2v) is 4.94. The molecule has 0 unspecified atom stereocenters. The number of ketones is 1. The van der Waals surface area contributed by atoms with Crippen LogP contribution in [0.2, 0.25) is 0 Å². The van der Waals surface area contributed by atoms with E-state index < -0.39 is 0 Å². The average Bonchev–Trinajstić information content (AvgIpc) is 2.30. The van der Waals surface area contributed by atoms with Crippen molar-refractivity contribution in [2.45, 2.75) is 59.8 Å². The number of hydrogen-bond donors (Lipinski definition) is 0. The summed E-state index contributed by atoms with van der Waals surface area (Å²) in [5, 5.41) is 0. The highest BCUT2D eigenvalue weighted by atomic mass is 16.1. The number of allylic oxidation sites excluding steroid dienone is 5. The van der Waals surface area contributed by atoms with Crippen molar-refractivity contribution in [3.63, 3.8) is 0 Å². The van der Waals surface area contributed by atoms with Gasteiger partial charge >= 0.3 is 0 Å². The molecule has 0 aliphatic heterocycles. The maximum Gasteiger partial charge on any atom is 0.159 e. The summed E-state index contributed by atoms with van der Waals surface area (Å²) in [7, 11) is 0. The molecule has 0 bridgehead atoms. The van der Waals surface area contributed by atoms with Crippen molar-refractivity contribution in [2.75, 3.05) is 0 Å². The van der Waals surface area contributed by atoms with Gasteiger partial charge in [0.25, 0.3) is 0 Å². The van der Waals surface area contributed by atoms with Gasteiger partial charge in [0.1, 0.15) is 0 Å². The highest BCUT2D eigenvalue weighted by Crippen LogP contribution is 2.22. The van der Waals surface area contributed by atoms with Crippen LogP contribution in [0.4, 0.5) is 0 Å². The number of carbonyl (C=O) groups excluding carboxylic acids is 1. The molecule has 0 N–H and O–H groups in total. The number of carbonyl (C=O) groups is 1. The molecule has 0 heterocycles. The smallest absolute Gasteiger partial charge is 0.159 e. The van der Waals surface area contributed by atoms with Gasteiger partial charge in [0, 0.05) is 5.57 Å². The Bertz CT molecular complexity index is 315. The van der Waals surface area contributed by atoms with Gasteiger partial charge in [0.05, 0.1) is 0 Å². The summed E-state index contributed by atoms with van der Waals surface area (Å²) >= 11 is 0. The molecule has 18 heavy (non-hydrogen) atoms. The van der Waals surface area contributed by atoms with Gasteiger partial charge in [-0.15, -0.1) is 0 Å². The molecule has 0 aliphatic carbocycles. The minimum Gasteiger partial charge on any atom is -0.295 e. The molecule has 0 fully saturated rings. The van der Waals surface area contributed by atoms with Gasteiger partial charge in [-0.1, -0.05) is 69.9 Å². The molecule has 0 atom stereocenters. The Labute approximate surface area is 113 Å². The second-order valence-electron chi connectivity index (χ2n) is 4.94. The standard InChI is InChI=1S/C17H28O/c1-6-9-16(10-7-2)13-14(4)11-12-17(8-3)15(5)18/h8,11-12,16H,4,6-7,9-10,13H2,1-3,5H3/b12-11-,17-8+. The Morgan fingerprint density at radius 1 is 1.17 bits per heavy atom. The van der Waals surface area contributed by atoms with E-state index in [0.29, 0.717) is 0 Å². The van der Waals surface area contributed by atoms with E-state index in [4.69, 9.17) is 0 Å². The van der Waals surface area contributed by atoms with Crippen LogP contribution in [0.3, 0.4) is 0 Å². The zero-order chi connectivity index (χ0) is 14.0. The van der Waals surface area contributed by atoms with Crippen LogP contribution in [0.5, 0.6) is 0 Å². The van der Waals surface area contributed by atoms with Gasteiger partial charge in [-0.2, -0.15) is 0 Å². The van der Waals surface area contributed by atoms with Crippen molar-refractivity contribution < 1.29 is 4.79 Å². The van der Waals surface area contributed by atoms with Crippen molar-refractivity contribution in [1.29, 1.82) is 0 Å². The first-order valence-electron chi connectivity index (χ1n) is 7.08. The Hall–Kier alpha value is -1.11. The third-order valence-corrected chi connectivity index (χ3v) is 3.16. The Balaban J connectivity index is 4.39. The van der Waals surface area contributed by atoms with Crippen LogP contribution in [0.25, 0.3) is 0 Å². The fourth-order valence-electron chi connectivity index (χ4n) is 2.23. The largest absolute Gasteiger partial charge is 0.295 e. The van der Waals surface area contributed by atoms with E-state index in [-0.39, 0.29) is 5.78 Å². The van der Waals surface area contributed by atoms with Gasteiger partial charge in [0.15, 0.2) is 5.78 Å². The van der Waals surface area contributed by atoms with Crippen LogP contribution in [-0.4, -0.2) is 5.78 Å². The quantitative estimate of drug-likeness (QED) is 0.403. The zero-order valence-corrected chi connectivity index (χ0v) is 12.5. The monoisotopic (exact) mass is 248 g/mol. The third kappa shape index (κ3) is 7.26. The molecule has 1 heteroatoms. The lowest BCUT2D eigenvalue weighted by atomic mass is 9.91. The molecule has 0 rings (SSSR count). The number of Topliss-reactive ketones (excluding diaryl/α,β-unsaturated/α-hetero) is 1. The SMILES string of the molecule is C=C(/C=C\C(=C/C)C(C)=O)CC(CCC)CCC. The predicted molar refractivity (Wildman–Crippen MR) is 80.6 cm³/mol. The molecular weight excluding hydrogens is 220 g/mol. The summed E-state index contributed by atoms with van der Waals surface area (Å²) in [6, 6.07) is 0.